The second-order valence-corrected chi connectivity index (χ2v) is 7.61. The fraction of sp³-hybridized carbons (Fsp3) is 0.0400. The van der Waals surface area contributed by atoms with Crippen LogP contribution < -0.4 is 10.1 Å². The third-order valence-electron chi connectivity index (χ3n) is 4.40. The number of Topliss-reactive ketones (excluding diaryl/α,β-unsaturated/α-hetero) is 1. The van der Waals surface area contributed by atoms with Crippen molar-refractivity contribution in [2.45, 2.75) is 6.92 Å². The van der Waals surface area contributed by atoms with Crippen molar-refractivity contribution >= 4 is 45.4 Å². The number of rotatable bonds is 6. The predicted octanol–water partition coefficient (Wildman–Crippen LogP) is 5.42. The Morgan fingerprint density at radius 1 is 0.969 bits per heavy atom. The predicted molar refractivity (Wildman–Crippen MR) is 124 cm³/mol. The Hall–Kier alpha value is -4.02. The standard InChI is InChI=1S/C25H17BrN2O4/c1-16(29)22-4-2-3-5-23(22)28-24(30)19(15-27)14-17-6-12-21(13-7-17)32-25(31)18-8-10-20(26)11-9-18/h2-14H,1H3,(H,28,30)/b19-14-. The molecule has 0 aliphatic rings. The van der Waals surface area contributed by atoms with Crippen LogP contribution in [0.1, 0.15) is 33.2 Å². The van der Waals surface area contributed by atoms with Gasteiger partial charge in [-0.1, -0.05) is 40.2 Å². The Bertz CT molecular complexity index is 1240. The number of carbonyl (C=O) groups excluding carboxylic acids is 3. The van der Waals surface area contributed by atoms with E-state index in [1.165, 1.54) is 13.0 Å². The summed E-state index contributed by atoms with van der Waals surface area (Å²) in [6, 6.07) is 21.6. The second-order valence-electron chi connectivity index (χ2n) is 6.69. The summed E-state index contributed by atoms with van der Waals surface area (Å²) in [5.41, 5.74) is 1.53. The molecular formula is C25H17BrN2O4. The second kappa shape index (κ2) is 10.3. The highest BCUT2D eigenvalue weighted by Crippen LogP contribution is 2.19. The zero-order valence-corrected chi connectivity index (χ0v) is 18.5. The summed E-state index contributed by atoms with van der Waals surface area (Å²) in [5, 5.41) is 12.0. The Balaban J connectivity index is 1.72. The summed E-state index contributed by atoms with van der Waals surface area (Å²) in [5.74, 6) is -1.00. The number of amides is 1. The van der Waals surface area contributed by atoms with Gasteiger partial charge in [0.2, 0.25) is 0 Å². The Labute approximate surface area is 193 Å². The molecule has 0 bridgehead atoms. The number of nitrogens with one attached hydrogen (secondary N) is 1. The van der Waals surface area contributed by atoms with Crippen LogP contribution in [0.4, 0.5) is 5.69 Å². The fourth-order valence-electron chi connectivity index (χ4n) is 2.79. The summed E-state index contributed by atoms with van der Waals surface area (Å²) in [4.78, 5) is 36.5. The van der Waals surface area contributed by atoms with E-state index in [1.807, 2.05) is 6.07 Å². The first-order valence-corrected chi connectivity index (χ1v) is 10.3. The first-order valence-electron chi connectivity index (χ1n) is 9.48. The number of hydrogen-bond acceptors (Lipinski definition) is 5. The summed E-state index contributed by atoms with van der Waals surface area (Å²) in [6.45, 7) is 1.40. The largest absolute Gasteiger partial charge is 0.423 e. The highest BCUT2D eigenvalue weighted by Gasteiger charge is 2.14. The van der Waals surface area contributed by atoms with Crippen LogP contribution in [-0.2, 0) is 4.79 Å². The number of anilines is 1. The van der Waals surface area contributed by atoms with Gasteiger partial charge >= 0.3 is 5.97 Å². The highest BCUT2D eigenvalue weighted by atomic mass is 79.9. The maximum absolute atomic E-state index is 12.5. The number of halogens is 1. The Morgan fingerprint density at radius 2 is 1.62 bits per heavy atom. The minimum absolute atomic E-state index is 0.136. The highest BCUT2D eigenvalue weighted by molar-refractivity contribution is 9.10. The van der Waals surface area contributed by atoms with E-state index in [4.69, 9.17) is 4.74 Å². The van der Waals surface area contributed by atoms with Gasteiger partial charge < -0.3 is 10.1 Å². The molecule has 0 aliphatic carbocycles. The van der Waals surface area contributed by atoms with Crippen molar-refractivity contribution in [1.82, 2.24) is 0 Å². The molecule has 0 unspecified atom stereocenters. The molecule has 3 aromatic carbocycles. The van der Waals surface area contributed by atoms with Crippen molar-refractivity contribution in [2.24, 2.45) is 0 Å². The Kier molecular flexibility index (Phi) is 7.32. The average molecular weight is 489 g/mol. The number of ketones is 1. The molecule has 1 amide bonds. The molecule has 0 atom stereocenters. The molecule has 0 aromatic heterocycles. The van der Waals surface area contributed by atoms with E-state index in [0.717, 1.165) is 4.47 Å². The quantitative estimate of drug-likeness (QED) is 0.164. The SMILES string of the molecule is CC(=O)c1ccccc1NC(=O)/C(C#N)=C\c1ccc(OC(=O)c2ccc(Br)cc2)cc1. The third-order valence-corrected chi connectivity index (χ3v) is 4.93. The number of para-hydroxylation sites is 1. The van der Waals surface area contributed by atoms with Crippen molar-refractivity contribution in [2.75, 3.05) is 5.32 Å². The molecule has 6 nitrogen and oxygen atoms in total. The molecule has 3 rings (SSSR count). The van der Waals surface area contributed by atoms with Gasteiger partial charge in [-0.15, -0.1) is 0 Å². The van der Waals surface area contributed by atoms with Gasteiger partial charge in [0.1, 0.15) is 17.4 Å². The normalized spacial score (nSPS) is 10.7. The van der Waals surface area contributed by atoms with Crippen molar-refractivity contribution in [3.05, 3.63) is 99.5 Å². The summed E-state index contributed by atoms with van der Waals surface area (Å²) >= 11 is 3.31. The van der Waals surface area contributed by atoms with E-state index >= 15 is 0 Å². The van der Waals surface area contributed by atoms with Gasteiger partial charge in [0.25, 0.3) is 5.91 Å². The lowest BCUT2D eigenvalue weighted by molar-refractivity contribution is -0.112. The molecule has 158 valence electrons. The van der Waals surface area contributed by atoms with Crippen molar-refractivity contribution in [3.63, 3.8) is 0 Å². The van der Waals surface area contributed by atoms with Crippen molar-refractivity contribution < 1.29 is 19.1 Å². The molecule has 3 aromatic rings. The number of carbonyl (C=O) groups is 3. The molecule has 0 saturated carbocycles. The van der Waals surface area contributed by atoms with Crippen LogP contribution in [0.5, 0.6) is 5.75 Å². The summed E-state index contributed by atoms with van der Waals surface area (Å²) in [6.07, 6.45) is 1.41. The fourth-order valence-corrected chi connectivity index (χ4v) is 3.05. The zero-order valence-electron chi connectivity index (χ0n) is 17.0. The zero-order chi connectivity index (χ0) is 23.1. The number of nitrogens with zero attached hydrogens (tertiary/aromatic N) is 1. The number of benzene rings is 3. The van der Waals surface area contributed by atoms with Gasteiger partial charge in [-0.2, -0.15) is 5.26 Å². The maximum atomic E-state index is 12.5. The molecule has 0 radical (unpaired) electrons. The molecule has 0 spiro atoms. The topological polar surface area (TPSA) is 96.3 Å². The van der Waals surface area contributed by atoms with Crippen LogP contribution in [0.2, 0.25) is 0 Å². The lowest BCUT2D eigenvalue weighted by Gasteiger charge is -2.08. The lowest BCUT2D eigenvalue weighted by Crippen LogP contribution is -2.15. The third kappa shape index (κ3) is 5.78. The van der Waals surface area contributed by atoms with E-state index in [9.17, 15) is 19.6 Å². The van der Waals surface area contributed by atoms with Gasteiger partial charge in [-0.05, 0) is 67.1 Å². The van der Waals surface area contributed by atoms with Crippen LogP contribution in [0.15, 0.2) is 82.8 Å². The van der Waals surface area contributed by atoms with Gasteiger partial charge in [0.05, 0.1) is 11.3 Å². The van der Waals surface area contributed by atoms with E-state index in [-0.39, 0.29) is 11.4 Å². The van der Waals surface area contributed by atoms with Crippen LogP contribution in [0.25, 0.3) is 6.08 Å². The summed E-state index contributed by atoms with van der Waals surface area (Å²) < 4.78 is 6.19. The number of nitriles is 1. The minimum atomic E-state index is -0.632. The number of ether oxygens (including phenoxy) is 1. The van der Waals surface area contributed by atoms with Crippen LogP contribution in [0.3, 0.4) is 0 Å². The molecule has 0 saturated heterocycles. The molecular weight excluding hydrogens is 472 g/mol. The van der Waals surface area contributed by atoms with Crippen molar-refractivity contribution in [1.29, 1.82) is 5.26 Å². The van der Waals surface area contributed by atoms with Gasteiger partial charge in [-0.3, -0.25) is 9.59 Å². The first kappa shape index (κ1) is 22.7. The molecule has 0 aliphatic heterocycles. The maximum Gasteiger partial charge on any atom is 0.343 e. The molecule has 7 heteroatoms. The smallest absolute Gasteiger partial charge is 0.343 e. The lowest BCUT2D eigenvalue weighted by atomic mass is 10.1. The van der Waals surface area contributed by atoms with Crippen LogP contribution in [0, 0.1) is 11.3 Å². The van der Waals surface area contributed by atoms with Gasteiger partial charge in [0, 0.05) is 10.0 Å². The molecule has 0 fully saturated rings. The molecule has 0 heterocycles. The molecule has 32 heavy (non-hydrogen) atoms. The van der Waals surface area contributed by atoms with E-state index in [1.54, 1.807) is 72.8 Å². The van der Waals surface area contributed by atoms with E-state index < -0.39 is 11.9 Å². The minimum Gasteiger partial charge on any atom is -0.423 e. The molecule has 1 N–H and O–H groups in total. The number of esters is 1. The van der Waals surface area contributed by atoms with E-state index in [0.29, 0.717) is 28.1 Å². The van der Waals surface area contributed by atoms with Crippen molar-refractivity contribution in [3.8, 4) is 11.8 Å². The van der Waals surface area contributed by atoms with E-state index in [2.05, 4.69) is 21.2 Å². The Morgan fingerprint density at radius 3 is 2.25 bits per heavy atom. The summed E-state index contributed by atoms with van der Waals surface area (Å²) in [7, 11) is 0. The monoisotopic (exact) mass is 488 g/mol. The van der Waals surface area contributed by atoms with Gasteiger partial charge in [0.15, 0.2) is 5.78 Å². The van der Waals surface area contributed by atoms with Gasteiger partial charge in [-0.25, -0.2) is 4.79 Å². The van der Waals surface area contributed by atoms with Crippen LogP contribution in [-0.4, -0.2) is 17.7 Å². The first-order chi connectivity index (χ1) is 15.4. The average Bonchev–Trinajstić information content (AvgIpc) is 2.79. The van der Waals surface area contributed by atoms with Crippen LogP contribution >= 0.6 is 15.9 Å². The number of hydrogen-bond donors (Lipinski definition) is 1.